The van der Waals surface area contributed by atoms with E-state index in [0.29, 0.717) is 0 Å². The molecule has 0 aliphatic heterocycles. The molecular formula is C10H13F3O3S2. The van der Waals surface area contributed by atoms with E-state index in [4.69, 9.17) is 13.0 Å². The lowest BCUT2D eigenvalue weighted by Gasteiger charge is -1.97. The minimum absolute atomic E-state index is 1.13. The van der Waals surface area contributed by atoms with Gasteiger partial charge in [0.1, 0.15) is 0 Å². The maximum Gasteiger partial charge on any atom is 0.522 e. The number of thioether (sulfide) groups is 1. The maximum absolute atomic E-state index is 10.7. The first-order valence-electron chi connectivity index (χ1n) is 4.66. The Morgan fingerprint density at radius 3 is 1.89 bits per heavy atom. The Labute approximate surface area is 108 Å². The van der Waals surface area contributed by atoms with E-state index in [1.165, 1.54) is 11.1 Å². The lowest BCUT2D eigenvalue weighted by Crippen LogP contribution is -2.21. The van der Waals surface area contributed by atoms with E-state index in [0.717, 1.165) is 5.75 Å². The molecule has 18 heavy (non-hydrogen) atoms. The highest BCUT2D eigenvalue weighted by molar-refractivity contribution is 7.97. The van der Waals surface area contributed by atoms with E-state index in [-0.39, 0.29) is 0 Å². The quantitative estimate of drug-likeness (QED) is 0.673. The first-order chi connectivity index (χ1) is 8.08. The van der Waals surface area contributed by atoms with Gasteiger partial charge >= 0.3 is 15.6 Å². The molecule has 0 fully saturated rings. The predicted octanol–water partition coefficient (Wildman–Crippen LogP) is 3.25. The van der Waals surface area contributed by atoms with Gasteiger partial charge in [-0.05, 0) is 18.7 Å². The molecule has 0 saturated heterocycles. The van der Waals surface area contributed by atoms with Crippen LogP contribution in [0.25, 0.3) is 0 Å². The third-order valence-electron chi connectivity index (χ3n) is 1.72. The number of hydrogen-bond acceptors (Lipinski definition) is 3. The number of halogens is 3. The Balaban J connectivity index is 0.000000331. The summed E-state index contributed by atoms with van der Waals surface area (Å²) in [4.78, 5) is 0. The molecule has 0 aliphatic carbocycles. The van der Waals surface area contributed by atoms with Gasteiger partial charge in [0.2, 0.25) is 0 Å². The van der Waals surface area contributed by atoms with Crippen LogP contribution in [0.2, 0.25) is 0 Å². The summed E-state index contributed by atoms with van der Waals surface area (Å²) in [6, 6.07) is 8.69. The van der Waals surface area contributed by atoms with E-state index in [1.54, 1.807) is 0 Å². The van der Waals surface area contributed by atoms with E-state index in [2.05, 4.69) is 37.4 Å². The first kappa shape index (κ1) is 17.3. The minimum atomic E-state index is -5.84. The average Bonchev–Trinajstić information content (AvgIpc) is 2.20. The van der Waals surface area contributed by atoms with Crippen molar-refractivity contribution in [1.29, 1.82) is 0 Å². The molecule has 1 N–H and O–H groups in total. The van der Waals surface area contributed by atoms with E-state index < -0.39 is 15.6 Å². The molecule has 0 aromatic heterocycles. The fourth-order valence-corrected chi connectivity index (χ4v) is 1.38. The highest BCUT2D eigenvalue weighted by Crippen LogP contribution is 2.20. The Morgan fingerprint density at radius 1 is 1.22 bits per heavy atom. The third-order valence-corrected chi connectivity index (χ3v) is 2.93. The van der Waals surface area contributed by atoms with Crippen LogP contribution < -0.4 is 0 Å². The van der Waals surface area contributed by atoms with Crippen LogP contribution in [0.3, 0.4) is 0 Å². The molecule has 8 heteroatoms. The maximum atomic E-state index is 10.7. The van der Waals surface area contributed by atoms with Crippen molar-refractivity contribution < 1.29 is 26.1 Å². The van der Waals surface area contributed by atoms with Gasteiger partial charge < -0.3 is 0 Å². The van der Waals surface area contributed by atoms with Gasteiger partial charge in [0.25, 0.3) is 0 Å². The number of alkyl halides is 3. The summed E-state index contributed by atoms with van der Waals surface area (Å²) >= 11 is 1.86. The molecule has 1 rings (SSSR count). The van der Waals surface area contributed by atoms with Crippen molar-refractivity contribution in [2.45, 2.75) is 18.2 Å². The Hall–Kier alpha value is -0.730. The van der Waals surface area contributed by atoms with Gasteiger partial charge in [-0.2, -0.15) is 33.4 Å². The smallest absolute Gasteiger partial charge is 0.279 e. The number of rotatable bonds is 2. The van der Waals surface area contributed by atoms with Crippen LogP contribution in [0.5, 0.6) is 0 Å². The van der Waals surface area contributed by atoms with Crippen molar-refractivity contribution in [1.82, 2.24) is 0 Å². The molecule has 0 spiro atoms. The zero-order valence-electron chi connectivity index (χ0n) is 9.73. The summed E-state index contributed by atoms with van der Waals surface area (Å²) < 4.78 is 57.5. The van der Waals surface area contributed by atoms with Gasteiger partial charge in [-0.25, -0.2) is 0 Å². The van der Waals surface area contributed by atoms with Crippen LogP contribution in [0.1, 0.15) is 11.1 Å². The second-order valence-electron chi connectivity index (χ2n) is 3.34. The highest BCUT2D eigenvalue weighted by Gasteiger charge is 2.44. The van der Waals surface area contributed by atoms with Gasteiger partial charge in [0, 0.05) is 5.75 Å². The van der Waals surface area contributed by atoms with E-state index in [1.807, 2.05) is 11.8 Å². The summed E-state index contributed by atoms with van der Waals surface area (Å²) in [5.41, 5.74) is -2.78. The second-order valence-corrected chi connectivity index (χ2v) is 5.62. The van der Waals surface area contributed by atoms with Crippen LogP contribution in [-0.2, 0) is 15.9 Å². The van der Waals surface area contributed by atoms with Crippen LogP contribution in [-0.4, -0.2) is 24.7 Å². The fraction of sp³-hybridized carbons (Fsp3) is 0.400. The van der Waals surface area contributed by atoms with Gasteiger partial charge in [-0.15, -0.1) is 0 Å². The van der Waals surface area contributed by atoms with Crippen molar-refractivity contribution >= 4 is 21.9 Å². The van der Waals surface area contributed by atoms with Gasteiger partial charge in [0.15, 0.2) is 0 Å². The van der Waals surface area contributed by atoms with Gasteiger partial charge in [-0.1, -0.05) is 29.8 Å². The summed E-state index contributed by atoms with van der Waals surface area (Å²) in [7, 11) is -5.84. The molecule has 0 aliphatic rings. The van der Waals surface area contributed by atoms with E-state index >= 15 is 0 Å². The molecule has 0 bridgehead atoms. The van der Waals surface area contributed by atoms with Crippen LogP contribution in [0, 0.1) is 6.92 Å². The monoisotopic (exact) mass is 302 g/mol. The van der Waals surface area contributed by atoms with Crippen molar-refractivity contribution in [2.75, 3.05) is 6.26 Å². The zero-order chi connectivity index (χ0) is 14.4. The molecular weight excluding hydrogens is 289 g/mol. The number of aryl methyl sites for hydroxylation is 1. The molecule has 104 valence electrons. The summed E-state index contributed by atoms with van der Waals surface area (Å²) in [5, 5.41) is 0. The van der Waals surface area contributed by atoms with Gasteiger partial charge in [-0.3, -0.25) is 4.55 Å². The SMILES string of the molecule is CSCc1ccc(C)cc1.O=S(=O)(O)C(F)(F)F. The molecule has 1 aromatic carbocycles. The zero-order valence-corrected chi connectivity index (χ0v) is 11.4. The van der Waals surface area contributed by atoms with Crippen LogP contribution in [0.4, 0.5) is 13.2 Å². The molecule has 0 atom stereocenters. The predicted molar refractivity (Wildman–Crippen MR) is 66.0 cm³/mol. The summed E-state index contributed by atoms with van der Waals surface area (Å²) in [6.45, 7) is 2.11. The van der Waals surface area contributed by atoms with Crippen molar-refractivity contribution in [3.63, 3.8) is 0 Å². The first-order valence-corrected chi connectivity index (χ1v) is 7.49. The van der Waals surface area contributed by atoms with Crippen LogP contribution in [0.15, 0.2) is 24.3 Å². The summed E-state index contributed by atoms with van der Waals surface area (Å²) in [5.74, 6) is 1.13. The van der Waals surface area contributed by atoms with Gasteiger partial charge in [0.05, 0.1) is 0 Å². The molecule has 0 unspecified atom stereocenters. The molecule has 0 amide bonds. The Bertz CT molecular complexity index is 452. The molecule has 3 nitrogen and oxygen atoms in total. The average molecular weight is 302 g/mol. The second kappa shape index (κ2) is 7.01. The largest absolute Gasteiger partial charge is 0.522 e. The van der Waals surface area contributed by atoms with Crippen molar-refractivity contribution in [3.8, 4) is 0 Å². The number of hydrogen-bond donors (Lipinski definition) is 1. The summed E-state index contributed by atoms with van der Waals surface area (Å²) in [6.07, 6.45) is 2.12. The van der Waals surface area contributed by atoms with Crippen molar-refractivity contribution in [3.05, 3.63) is 35.4 Å². The molecule has 0 heterocycles. The third kappa shape index (κ3) is 6.87. The highest BCUT2D eigenvalue weighted by atomic mass is 32.2. The van der Waals surface area contributed by atoms with Crippen LogP contribution >= 0.6 is 11.8 Å². The lowest BCUT2D eigenvalue weighted by molar-refractivity contribution is -0.0510. The topological polar surface area (TPSA) is 54.4 Å². The molecule has 0 saturated carbocycles. The number of benzene rings is 1. The van der Waals surface area contributed by atoms with E-state index in [9.17, 15) is 13.2 Å². The standard InChI is InChI=1S/C9H12S.CHF3O3S/c1-8-3-5-9(6-4-8)7-10-2;2-1(3,4)8(5,6)7/h3-6H,7H2,1-2H3;(H,5,6,7). The lowest BCUT2D eigenvalue weighted by atomic mass is 10.2. The van der Waals surface area contributed by atoms with Crippen molar-refractivity contribution in [2.24, 2.45) is 0 Å². The fourth-order valence-electron chi connectivity index (χ4n) is 0.851. The normalized spacial score (nSPS) is 11.7. The molecule has 1 aromatic rings. The minimum Gasteiger partial charge on any atom is -0.279 e. The Morgan fingerprint density at radius 2 is 1.61 bits per heavy atom. The Kier molecular flexibility index (Phi) is 6.72. The molecule has 0 radical (unpaired) electrons.